The molecule has 1 amide bonds. The van der Waals surface area contributed by atoms with Gasteiger partial charge in [-0.3, -0.25) is 4.79 Å². The third-order valence-electron chi connectivity index (χ3n) is 5.21. The van der Waals surface area contributed by atoms with Crippen LogP contribution in [0.1, 0.15) is 40.6 Å². The molecule has 1 saturated heterocycles. The lowest BCUT2D eigenvalue weighted by molar-refractivity contribution is -0.135. The monoisotopic (exact) mass is 394 g/mol. The number of likely N-dealkylation sites (tertiary alicyclic amines) is 1. The Hall–Kier alpha value is -3.35. The first-order chi connectivity index (χ1) is 14.0. The van der Waals surface area contributed by atoms with E-state index in [1.807, 2.05) is 31.2 Å². The Morgan fingerprint density at radius 3 is 2.69 bits per heavy atom. The Labute approximate surface area is 167 Å². The molecule has 2 heterocycles. The van der Waals surface area contributed by atoms with Gasteiger partial charge < -0.3 is 19.2 Å². The zero-order valence-corrected chi connectivity index (χ0v) is 16.1. The fourth-order valence-corrected chi connectivity index (χ4v) is 3.55. The van der Waals surface area contributed by atoms with Gasteiger partial charge in [-0.25, -0.2) is 9.78 Å². The van der Waals surface area contributed by atoms with Crippen LogP contribution in [0.5, 0.6) is 5.75 Å². The number of nitrogens with zero attached hydrogens (tertiary/aromatic N) is 2. The third kappa shape index (κ3) is 4.08. The minimum atomic E-state index is -0.711. The second-order valence-corrected chi connectivity index (χ2v) is 7.27. The molecular formula is C22H22N2O5. The Morgan fingerprint density at radius 2 is 1.97 bits per heavy atom. The normalized spacial score (nSPS) is 14.9. The van der Waals surface area contributed by atoms with E-state index in [-0.39, 0.29) is 29.7 Å². The molecule has 0 aliphatic carbocycles. The van der Waals surface area contributed by atoms with E-state index in [2.05, 4.69) is 4.98 Å². The van der Waals surface area contributed by atoms with Gasteiger partial charge in [0.05, 0.1) is 0 Å². The van der Waals surface area contributed by atoms with Crippen molar-refractivity contribution in [3.8, 4) is 5.75 Å². The van der Waals surface area contributed by atoms with Crippen LogP contribution in [0.25, 0.3) is 11.1 Å². The molecule has 0 radical (unpaired) electrons. The van der Waals surface area contributed by atoms with Crippen molar-refractivity contribution in [1.82, 2.24) is 9.88 Å². The quantitative estimate of drug-likeness (QED) is 0.682. The molecule has 0 spiro atoms. The predicted molar refractivity (Wildman–Crippen MR) is 106 cm³/mol. The molecule has 0 saturated carbocycles. The molecule has 0 bridgehead atoms. The molecule has 1 aromatic heterocycles. The van der Waals surface area contributed by atoms with Gasteiger partial charge in [-0.05, 0) is 49.6 Å². The smallest absolute Gasteiger partial charge is 0.342 e. The SMILES string of the molecule is Cc1ccc(C(=O)OCC(=O)N2CCC(c3nc4ccccc4o3)CC2)c(O)c1. The van der Waals surface area contributed by atoms with E-state index in [1.165, 1.54) is 12.1 Å². The number of carbonyl (C=O) groups is 2. The zero-order valence-electron chi connectivity index (χ0n) is 16.1. The van der Waals surface area contributed by atoms with Crippen LogP contribution in [0.3, 0.4) is 0 Å². The Kier molecular flexibility index (Phi) is 5.20. The van der Waals surface area contributed by atoms with Crippen LogP contribution in [-0.4, -0.2) is 46.6 Å². The minimum absolute atomic E-state index is 0.0538. The second kappa shape index (κ2) is 7.95. The second-order valence-electron chi connectivity index (χ2n) is 7.27. The molecule has 1 N–H and O–H groups in total. The number of phenols is 1. The maximum absolute atomic E-state index is 12.4. The van der Waals surface area contributed by atoms with Gasteiger partial charge in [-0.15, -0.1) is 0 Å². The molecule has 2 aromatic carbocycles. The number of piperidine rings is 1. The number of carbonyl (C=O) groups excluding carboxylic acids is 2. The van der Waals surface area contributed by atoms with Crippen LogP contribution in [0.4, 0.5) is 0 Å². The van der Waals surface area contributed by atoms with E-state index >= 15 is 0 Å². The summed E-state index contributed by atoms with van der Waals surface area (Å²) in [6.45, 7) is 2.56. The number of hydrogen-bond acceptors (Lipinski definition) is 6. The van der Waals surface area contributed by atoms with E-state index < -0.39 is 5.97 Å². The Morgan fingerprint density at radius 1 is 1.21 bits per heavy atom. The molecule has 0 unspecified atom stereocenters. The fourth-order valence-electron chi connectivity index (χ4n) is 3.55. The van der Waals surface area contributed by atoms with Crippen LogP contribution in [0.2, 0.25) is 0 Å². The van der Waals surface area contributed by atoms with E-state index in [9.17, 15) is 14.7 Å². The van der Waals surface area contributed by atoms with Crippen molar-refractivity contribution in [2.24, 2.45) is 0 Å². The number of aromatic nitrogens is 1. The number of rotatable bonds is 4. The number of amides is 1. The van der Waals surface area contributed by atoms with Gasteiger partial charge in [0.25, 0.3) is 5.91 Å². The molecular weight excluding hydrogens is 372 g/mol. The van der Waals surface area contributed by atoms with Crippen molar-refractivity contribution in [2.45, 2.75) is 25.7 Å². The summed E-state index contributed by atoms with van der Waals surface area (Å²) in [6.07, 6.45) is 1.48. The van der Waals surface area contributed by atoms with Crippen molar-refractivity contribution in [3.63, 3.8) is 0 Å². The summed E-state index contributed by atoms with van der Waals surface area (Å²) in [5.74, 6) is -0.238. The standard InChI is InChI=1S/C22H22N2O5/c1-14-6-7-16(18(25)12-14)22(27)28-13-20(26)24-10-8-15(9-11-24)21-23-17-4-2-3-5-19(17)29-21/h2-7,12,15,25H,8-11,13H2,1H3. The minimum Gasteiger partial charge on any atom is -0.507 e. The third-order valence-corrected chi connectivity index (χ3v) is 5.21. The van der Waals surface area contributed by atoms with Gasteiger partial charge in [0.1, 0.15) is 16.8 Å². The summed E-state index contributed by atoms with van der Waals surface area (Å²) in [5.41, 5.74) is 2.49. The molecule has 0 atom stereocenters. The lowest BCUT2D eigenvalue weighted by atomic mass is 9.97. The molecule has 7 heteroatoms. The topological polar surface area (TPSA) is 92.9 Å². The number of aryl methyl sites for hydroxylation is 1. The van der Waals surface area contributed by atoms with Gasteiger partial charge in [0.15, 0.2) is 18.1 Å². The number of fused-ring (bicyclic) bond motifs is 1. The van der Waals surface area contributed by atoms with Crippen LogP contribution in [0.15, 0.2) is 46.9 Å². The average Bonchev–Trinajstić information content (AvgIpc) is 3.16. The fraction of sp³-hybridized carbons (Fsp3) is 0.318. The summed E-state index contributed by atoms with van der Waals surface area (Å²) in [7, 11) is 0. The summed E-state index contributed by atoms with van der Waals surface area (Å²) in [4.78, 5) is 30.7. The number of oxazole rings is 1. The first kappa shape index (κ1) is 19.0. The molecule has 1 aliphatic heterocycles. The highest BCUT2D eigenvalue weighted by atomic mass is 16.5. The van der Waals surface area contributed by atoms with Crippen molar-refractivity contribution in [2.75, 3.05) is 19.7 Å². The molecule has 1 aliphatic rings. The van der Waals surface area contributed by atoms with Crippen LogP contribution in [0, 0.1) is 6.92 Å². The first-order valence-corrected chi connectivity index (χ1v) is 9.61. The van der Waals surface area contributed by atoms with E-state index in [0.29, 0.717) is 19.0 Å². The van der Waals surface area contributed by atoms with Gasteiger partial charge in [-0.1, -0.05) is 18.2 Å². The molecule has 150 valence electrons. The number of aromatic hydroxyl groups is 1. The molecule has 4 rings (SSSR count). The van der Waals surface area contributed by atoms with Gasteiger partial charge in [0, 0.05) is 19.0 Å². The van der Waals surface area contributed by atoms with Crippen molar-refractivity contribution in [3.05, 3.63) is 59.5 Å². The van der Waals surface area contributed by atoms with Gasteiger partial charge in [0.2, 0.25) is 0 Å². The highest BCUT2D eigenvalue weighted by Gasteiger charge is 2.27. The summed E-state index contributed by atoms with van der Waals surface area (Å²) in [5, 5.41) is 9.85. The average molecular weight is 394 g/mol. The van der Waals surface area contributed by atoms with Crippen LogP contribution in [-0.2, 0) is 9.53 Å². The Balaban J connectivity index is 1.30. The number of para-hydroxylation sites is 2. The highest BCUT2D eigenvalue weighted by Crippen LogP contribution is 2.30. The van der Waals surface area contributed by atoms with Crippen LogP contribution >= 0.6 is 0 Å². The number of ether oxygens (including phenoxy) is 1. The lowest BCUT2D eigenvalue weighted by Crippen LogP contribution is -2.40. The maximum atomic E-state index is 12.4. The lowest BCUT2D eigenvalue weighted by Gasteiger charge is -2.30. The Bertz CT molecular complexity index is 1020. The first-order valence-electron chi connectivity index (χ1n) is 9.61. The van der Waals surface area contributed by atoms with Crippen molar-refractivity contribution in [1.29, 1.82) is 0 Å². The van der Waals surface area contributed by atoms with Gasteiger partial charge in [-0.2, -0.15) is 0 Å². The van der Waals surface area contributed by atoms with E-state index in [1.54, 1.807) is 11.0 Å². The van der Waals surface area contributed by atoms with Crippen LogP contribution < -0.4 is 0 Å². The van der Waals surface area contributed by atoms with Gasteiger partial charge >= 0.3 is 5.97 Å². The number of phenolic OH excluding ortho intramolecular Hbond substituents is 1. The molecule has 29 heavy (non-hydrogen) atoms. The van der Waals surface area contributed by atoms with E-state index in [4.69, 9.17) is 9.15 Å². The summed E-state index contributed by atoms with van der Waals surface area (Å²) >= 11 is 0. The number of hydrogen-bond donors (Lipinski definition) is 1. The summed E-state index contributed by atoms with van der Waals surface area (Å²) < 4.78 is 10.9. The predicted octanol–water partition coefficient (Wildman–Crippen LogP) is 3.40. The number of esters is 1. The largest absolute Gasteiger partial charge is 0.507 e. The van der Waals surface area contributed by atoms with E-state index in [0.717, 1.165) is 29.5 Å². The molecule has 7 nitrogen and oxygen atoms in total. The van der Waals surface area contributed by atoms with Crippen molar-refractivity contribution < 1.29 is 23.8 Å². The highest BCUT2D eigenvalue weighted by molar-refractivity contribution is 5.94. The molecule has 1 fully saturated rings. The maximum Gasteiger partial charge on any atom is 0.342 e. The molecule has 3 aromatic rings. The zero-order chi connectivity index (χ0) is 20.4. The van der Waals surface area contributed by atoms with Crippen molar-refractivity contribution >= 4 is 23.0 Å². The summed E-state index contributed by atoms with van der Waals surface area (Å²) in [6, 6.07) is 12.3. The number of benzene rings is 2.